The molecule has 7 nitrogen and oxygen atoms in total. The molecule has 8 heteroatoms. The van der Waals surface area contributed by atoms with Gasteiger partial charge in [-0.1, -0.05) is 0 Å². The van der Waals surface area contributed by atoms with Crippen molar-refractivity contribution in [2.45, 2.75) is 50.2 Å². The standard InChI is InChI=1S/C22H29N5O2S/c1-26-7-2-3-15(26)11-21(28)27-8-5-22(6-9-27)16-12-19(30-18(16)4-10-29-22)17-13-25-20(23)14-24-17/h12-15H,2-11H2,1H3,(H2,23,25). The fourth-order valence-electron chi connectivity index (χ4n) is 5.11. The monoisotopic (exact) mass is 427 g/mol. The molecule has 3 aliphatic heterocycles. The third kappa shape index (κ3) is 3.61. The SMILES string of the molecule is CN1CCCC1CC(=O)N1CCC2(CC1)OCCc1sc(-c3cnc(N)cn3)cc12. The van der Waals surface area contributed by atoms with Crippen molar-refractivity contribution < 1.29 is 9.53 Å². The van der Waals surface area contributed by atoms with Crippen LogP contribution in [0.5, 0.6) is 0 Å². The van der Waals surface area contributed by atoms with Crippen LogP contribution in [0.2, 0.25) is 0 Å². The summed E-state index contributed by atoms with van der Waals surface area (Å²) in [5.41, 5.74) is 7.55. The second-order valence-electron chi connectivity index (χ2n) is 8.73. The molecule has 0 aliphatic carbocycles. The summed E-state index contributed by atoms with van der Waals surface area (Å²) >= 11 is 1.78. The Hall–Kier alpha value is -2.03. The maximum Gasteiger partial charge on any atom is 0.224 e. The fourth-order valence-corrected chi connectivity index (χ4v) is 6.30. The molecule has 1 amide bonds. The zero-order valence-electron chi connectivity index (χ0n) is 17.5. The van der Waals surface area contributed by atoms with Gasteiger partial charge >= 0.3 is 0 Å². The van der Waals surface area contributed by atoms with E-state index in [1.807, 2.05) is 4.90 Å². The van der Waals surface area contributed by atoms with Gasteiger partial charge in [-0.3, -0.25) is 4.79 Å². The van der Waals surface area contributed by atoms with E-state index in [9.17, 15) is 4.79 Å². The number of carbonyl (C=O) groups excluding carboxylic acids is 1. The third-order valence-corrected chi connectivity index (χ3v) is 8.15. The molecular weight excluding hydrogens is 398 g/mol. The van der Waals surface area contributed by atoms with Crippen molar-refractivity contribution in [2.75, 3.05) is 39.0 Å². The van der Waals surface area contributed by atoms with Gasteiger partial charge in [0.05, 0.1) is 35.2 Å². The molecule has 2 aromatic heterocycles. The quantitative estimate of drug-likeness (QED) is 0.811. The molecule has 2 N–H and O–H groups in total. The number of hydrogen-bond acceptors (Lipinski definition) is 7. The Morgan fingerprint density at radius 1 is 1.30 bits per heavy atom. The number of fused-ring (bicyclic) bond motifs is 2. The fraction of sp³-hybridized carbons (Fsp3) is 0.591. The Morgan fingerprint density at radius 3 is 2.83 bits per heavy atom. The number of anilines is 1. The number of piperidine rings is 1. The Labute approximate surface area is 181 Å². The highest BCUT2D eigenvalue weighted by molar-refractivity contribution is 7.15. The van der Waals surface area contributed by atoms with Crippen molar-refractivity contribution in [3.05, 3.63) is 28.9 Å². The molecule has 3 aliphatic rings. The highest BCUT2D eigenvalue weighted by Crippen LogP contribution is 2.46. The number of rotatable bonds is 3. The number of thiophene rings is 1. The molecule has 1 unspecified atom stereocenters. The summed E-state index contributed by atoms with van der Waals surface area (Å²) in [5.74, 6) is 0.725. The summed E-state index contributed by atoms with van der Waals surface area (Å²) in [4.78, 5) is 28.4. The molecule has 2 aromatic rings. The smallest absolute Gasteiger partial charge is 0.224 e. The first-order valence-corrected chi connectivity index (χ1v) is 11.7. The van der Waals surface area contributed by atoms with E-state index in [-0.39, 0.29) is 5.60 Å². The summed E-state index contributed by atoms with van der Waals surface area (Å²) in [6.45, 7) is 3.38. The number of hydrogen-bond donors (Lipinski definition) is 1. The third-order valence-electron chi connectivity index (χ3n) is 6.94. The van der Waals surface area contributed by atoms with Gasteiger partial charge in [-0.2, -0.15) is 0 Å². The summed E-state index contributed by atoms with van der Waals surface area (Å²) in [5, 5.41) is 0. The van der Waals surface area contributed by atoms with Crippen molar-refractivity contribution in [3.63, 3.8) is 0 Å². The van der Waals surface area contributed by atoms with Crippen LogP contribution < -0.4 is 5.73 Å². The lowest BCUT2D eigenvalue weighted by Gasteiger charge is -2.44. The molecule has 1 atom stereocenters. The van der Waals surface area contributed by atoms with Gasteiger partial charge in [0, 0.05) is 36.9 Å². The zero-order valence-corrected chi connectivity index (χ0v) is 18.3. The van der Waals surface area contributed by atoms with Crippen molar-refractivity contribution >= 4 is 23.1 Å². The second kappa shape index (κ2) is 7.90. The van der Waals surface area contributed by atoms with E-state index >= 15 is 0 Å². The number of nitrogens with zero attached hydrogens (tertiary/aromatic N) is 4. The molecular formula is C22H29N5O2S. The van der Waals surface area contributed by atoms with Crippen molar-refractivity contribution in [1.29, 1.82) is 0 Å². The van der Waals surface area contributed by atoms with E-state index in [1.54, 1.807) is 23.7 Å². The summed E-state index contributed by atoms with van der Waals surface area (Å²) in [6, 6.07) is 2.64. The molecule has 160 valence electrons. The lowest BCUT2D eigenvalue weighted by atomic mass is 9.82. The van der Waals surface area contributed by atoms with Gasteiger partial charge in [0.15, 0.2) is 0 Å². The minimum absolute atomic E-state index is 0.273. The van der Waals surface area contributed by atoms with Crippen LogP contribution in [0.25, 0.3) is 10.6 Å². The highest BCUT2D eigenvalue weighted by atomic mass is 32.1. The van der Waals surface area contributed by atoms with Gasteiger partial charge < -0.3 is 20.3 Å². The van der Waals surface area contributed by atoms with E-state index in [4.69, 9.17) is 10.5 Å². The van der Waals surface area contributed by atoms with Gasteiger partial charge in [-0.25, -0.2) is 9.97 Å². The summed E-state index contributed by atoms with van der Waals surface area (Å²) < 4.78 is 6.38. The van der Waals surface area contributed by atoms with Crippen molar-refractivity contribution in [1.82, 2.24) is 19.8 Å². The van der Waals surface area contributed by atoms with Gasteiger partial charge in [0.25, 0.3) is 0 Å². The number of likely N-dealkylation sites (tertiary alicyclic amines) is 2. The lowest BCUT2D eigenvalue weighted by Crippen LogP contribution is -2.48. The predicted molar refractivity (Wildman–Crippen MR) is 117 cm³/mol. The maximum absolute atomic E-state index is 12.9. The molecule has 1 spiro atoms. The number of ether oxygens (including phenoxy) is 1. The van der Waals surface area contributed by atoms with Gasteiger partial charge in [0.1, 0.15) is 5.82 Å². The number of amides is 1. The molecule has 0 saturated carbocycles. The average molecular weight is 428 g/mol. The molecule has 2 saturated heterocycles. The molecule has 5 heterocycles. The van der Waals surface area contributed by atoms with Crippen LogP contribution in [0.1, 0.15) is 42.5 Å². The predicted octanol–water partition coefficient (Wildman–Crippen LogP) is 2.66. The van der Waals surface area contributed by atoms with E-state index < -0.39 is 0 Å². The van der Waals surface area contributed by atoms with Crippen LogP contribution in [-0.2, 0) is 21.6 Å². The first-order chi connectivity index (χ1) is 14.5. The lowest BCUT2D eigenvalue weighted by molar-refractivity contribution is -0.141. The normalized spacial score (nSPS) is 23.6. The van der Waals surface area contributed by atoms with Gasteiger partial charge in [0.2, 0.25) is 5.91 Å². The van der Waals surface area contributed by atoms with Crippen molar-refractivity contribution in [3.8, 4) is 10.6 Å². The second-order valence-corrected chi connectivity index (χ2v) is 9.87. The Bertz CT molecular complexity index is 920. The Balaban J connectivity index is 1.30. The van der Waals surface area contributed by atoms with Crippen LogP contribution in [0.4, 0.5) is 5.82 Å². The highest BCUT2D eigenvalue weighted by Gasteiger charge is 2.43. The van der Waals surface area contributed by atoms with Crippen LogP contribution >= 0.6 is 11.3 Å². The molecule has 0 aromatic carbocycles. The molecule has 5 rings (SSSR count). The van der Waals surface area contributed by atoms with Crippen LogP contribution in [0.15, 0.2) is 18.5 Å². The zero-order chi connectivity index (χ0) is 20.7. The number of carbonyl (C=O) groups is 1. The minimum Gasteiger partial charge on any atom is -0.382 e. The molecule has 0 radical (unpaired) electrons. The van der Waals surface area contributed by atoms with E-state index in [2.05, 4.69) is 28.0 Å². The Morgan fingerprint density at radius 2 is 2.13 bits per heavy atom. The number of aromatic nitrogens is 2. The molecule has 2 fully saturated rings. The number of nitrogens with two attached hydrogens (primary N) is 1. The minimum atomic E-state index is -0.273. The van der Waals surface area contributed by atoms with Gasteiger partial charge in [-0.05, 0) is 50.9 Å². The molecule has 0 bridgehead atoms. The summed E-state index contributed by atoms with van der Waals surface area (Å²) in [7, 11) is 2.13. The largest absolute Gasteiger partial charge is 0.382 e. The molecule has 30 heavy (non-hydrogen) atoms. The van der Waals surface area contributed by atoms with E-state index in [1.165, 1.54) is 16.9 Å². The van der Waals surface area contributed by atoms with Crippen molar-refractivity contribution in [2.24, 2.45) is 0 Å². The number of nitrogen functional groups attached to an aromatic ring is 1. The topological polar surface area (TPSA) is 84.6 Å². The summed E-state index contributed by atoms with van der Waals surface area (Å²) in [6.07, 6.45) is 8.97. The first-order valence-electron chi connectivity index (χ1n) is 10.9. The van der Waals surface area contributed by atoms with Gasteiger partial charge in [-0.15, -0.1) is 11.3 Å². The van der Waals surface area contributed by atoms with Crippen LogP contribution in [0, 0.1) is 0 Å². The van der Waals surface area contributed by atoms with E-state index in [0.29, 0.717) is 24.2 Å². The maximum atomic E-state index is 12.9. The van der Waals surface area contributed by atoms with Crippen LogP contribution in [0.3, 0.4) is 0 Å². The van der Waals surface area contributed by atoms with Crippen LogP contribution in [-0.4, -0.2) is 65.0 Å². The van der Waals surface area contributed by atoms with E-state index in [0.717, 1.165) is 62.5 Å². The average Bonchev–Trinajstić information content (AvgIpc) is 3.36. The first kappa shape index (κ1) is 19.9. The Kier molecular flexibility index (Phi) is 5.24.